The van der Waals surface area contributed by atoms with E-state index >= 15 is 0 Å². The first-order chi connectivity index (χ1) is 14.8. The summed E-state index contributed by atoms with van der Waals surface area (Å²) in [6, 6.07) is 18.7. The van der Waals surface area contributed by atoms with Crippen molar-refractivity contribution in [3.63, 3.8) is 0 Å². The molecule has 1 atom stereocenters. The van der Waals surface area contributed by atoms with E-state index in [0.29, 0.717) is 11.4 Å². The molecule has 0 aromatic heterocycles. The number of alkyl halides is 3. The molecule has 0 radical (unpaired) electrons. The highest BCUT2D eigenvalue weighted by molar-refractivity contribution is 5.90. The van der Waals surface area contributed by atoms with Gasteiger partial charge in [0.15, 0.2) is 5.75 Å². The average molecular weight is 428 g/mol. The standard InChI is InChI=1S/C22H19F3N4O2/c23-22(24,25)17-9-2-3-10-18(17)28-21(30)27-13-14-6-5-7-15(12-14)29-20(26)16-8-1-4-11-19(16)31-29/h1-12,20H,13,26H2,(H2,27,28,30). The van der Waals surface area contributed by atoms with Gasteiger partial charge >= 0.3 is 12.2 Å². The van der Waals surface area contributed by atoms with Crippen LogP contribution >= 0.6 is 0 Å². The van der Waals surface area contributed by atoms with E-state index in [0.717, 1.165) is 17.2 Å². The van der Waals surface area contributed by atoms with Crippen LogP contribution in [0, 0.1) is 0 Å². The number of carbonyl (C=O) groups excluding carboxylic acids is 1. The zero-order valence-corrected chi connectivity index (χ0v) is 16.2. The van der Waals surface area contributed by atoms with Gasteiger partial charge in [-0.15, -0.1) is 0 Å². The van der Waals surface area contributed by atoms with Gasteiger partial charge in [-0.2, -0.15) is 18.2 Å². The maximum absolute atomic E-state index is 13.1. The molecule has 0 bridgehead atoms. The predicted molar refractivity (Wildman–Crippen MR) is 110 cm³/mol. The maximum atomic E-state index is 13.1. The van der Waals surface area contributed by atoms with Crippen molar-refractivity contribution in [3.8, 4) is 5.75 Å². The molecule has 0 spiro atoms. The van der Waals surface area contributed by atoms with E-state index in [4.69, 9.17) is 10.6 Å². The van der Waals surface area contributed by atoms with Gasteiger partial charge in [0.25, 0.3) is 0 Å². The molecule has 1 aliphatic heterocycles. The highest BCUT2D eigenvalue weighted by atomic mass is 19.4. The fourth-order valence-electron chi connectivity index (χ4n) is 3.30. The number of nitrogens with one attached hydrogen (secondary N) is 2. The van der Waals surface area contributed by atoms with Crippen molar-refractivity contribution in [2.24, 2.45) is 5.73 Å². The molecule has 1 heterocycles. The first-order valence-corrected chi connectivity index (χ1v) is 9.44. The Morgan fingerprint density at radius 2 is 1.77 bits per heavy atom. The second kappa shape index (κ2) is 8.19. The summed E-state index contributed by atoms with van der Waals surface area (Å²) in [6.07, 6.45) is -5.05. The van der Waals surface area contributed by atoms with Gasteiger partial charge in [-0.1, -0.05) is 42.5 Å². The fourth-order valence-corrected chi connectivity index (χ4v) is 3.30. The molecule has 1 aliphatic rings. The van der Waals surface area contributed by atoms with Crippen molar-refractivity contribution in [2.75, 3.05) is 10.4 Å². The van der Waals surface area contributed by atoms with Crippen molar-refractivity contribution < 1.29 is 22.8 Å². The fraction of sp³-hybridized carbons (Fsp3) is 0.136. The summed E-state index contributed by atoms with van der Waals surface area (Å²) >= 11 is 0. The molecule has 9 heteroatoms. The highest BCUT2D eigenvalue weighted by Gasteiger charge is 2.33. The van der Waals surface area contributed by atoms with Gasteiger partial charge in [0.2, 0.25) is 0 Å². The van der Waals surface area contributed by atoms with Gasteiger partial charge in [0.1, 0.15) is 6.17 Å². The van der Waals surface area contributed by atoms with E-state index in [9.17, 15) is 18.0 Å². The Labute approximate surface area is 176 Å². The molecule has 31 heavy (non-hydrogen) atoms. The second-order valence-electron chi connectivity index (χ2n) is 6.92. The summed E-state index contributed by atoms with van der Waals surface area (Å²) in [4.78, 5) is 18.0. The van der Waals surface area contributed by atoms with Crippen LogP contribution in [0.3, 0.4) is 0 Å². The van der Waals surface area contributed by atoms with Crippen molar-refractivity contribution in [2.45, 2.75) is 18.9 Å². The molecule has 0 aliphatic carbocycles. The number of rotatable bonds is 4. The van der Waals surface area contributed by atoms with Gasteiger partial charge in [0, 0.05) is 12.1 Å². The van der Waals surface area contributed by atoms with Crippen LogP contribution in [-0.2, 0) is 12.7 Å². The smallest absolute Gasteiger partial charge is 0.377 e. The maximum Gasteiger partial charge on any atom is 0.418 e. The van der Waals surface area contributed by atoms with Crippen molar-refractivity contribution >= 4 is 17.4 Å². The van der Waals surface area contributed by atoms with Crippen LogP contribution in [-0.4, -0.2) is 6.03 Å². The molecule has 0 saturated carbocycles. The molecule has 3 aromatic rings. The third kappa shape index (κ3) is 4.41. The van der Waals surface area contributed by atoms with E-state index in [-0.39, 0.29) is 12.2 Å². The number of para-hydroxylation sites is 2. The predicted octanol–water partition coefficient (Wildman–Crippen LogP) is 4.80. The number of amides is 2. The lowest BCUT2D eigenvalue weighted by atomic mass is 10.1. The number of hydroxylamine groups is 1. The highest BCUT2D eigenvalue weighted by Crippen LogP contribution is 2.37. The normalized spacial score (nSPS) is 15.2. The Bertz CT molecular complexity index is 1100. The molecule has 6 nitrogen and oxygen atoms in total. The number of urea groups is 1. The largest absolute Gasteiger partial charge is 0.418 e. The van der Waals surface area contributed by atoms with Gasteiger partial charge in [0.05, 0.1) is 16.9 Å². The minimum Gasteiger partial charge on any atom is -0.377 e. The number of benzene rings is 3. The summed E-state index contributed by atoms with van der Waals surface area (Å²) < 4.78 is 39.2. The van der Waals surface area contributed by atoms with Gasteiger partial charge in [-0.25, -0.2) is 4.79 Å². The van der Waals surface area contributed by atoms with Gasteiger partial charge in [-0.05, 0) is 35.9 Å². The van der Waals surface area contributed by atoms with Crippen molar-refractivity contribution in [3.05, 3.63) is 89.5 Å². The number of halogens is 3. The molecule has 2 amide bonds. The molecule has 4 N–H and O–H groups in total. The van der Waals surface area contributed by atoms with Gasteiger partial charge < -0.3 is 21.2 Å². The molecule has 3 aromatic carbocycles. The van der Waals surface area contributed by atoms with E-state index in [1.807, 2.05) is 30.3 Å². The third-order valence-corrected chi connectivity index (χ3v) is 4.79. The van der Waals surface area contributed by atoms with Gasteiger partial charge in [-0.3, -0.25) is 0 Å². The second-order valence-corrected chi connectivity index (χ2v) is 6.92. The molecule has 4 rings (SSSR count). The molecule has 0 saturated heterocycles. The summed E-state index contributed by atoms with van der Waals surface area (Å²) in [5.74, 6) is 0.668. The van der Waals surface area contributed by atoms with Crippen LogP contribution < -0.4 is 26.3 Å². The van der Waals surface area contributed by atoms with Crippen LogP contribution in [0.15, 0.2) is 72.8 Å². The third-order valence-electron chi connectivity index (χ3n) is 4.79. The lowest BCUT2D eigenvalue weighted by molar-refractivity contribution is -0.136. The van der Waals surface area contributed by atoms with E-state index < -0.39 is 23.9 Å². The number of hydrogen-bond acceptors (Lipinski definition) is 4. The van der Waals surface area contributed by atoms with E-state index in [2.05, 4.69) is 10.6 Å². The topological polar surface area (TPSA) is 79.6 Å². The minimum atomic E-state index is -4.57. The first-order valence-electron chi connectivity index (χ1n) is 9.44. The number of nitrogens with two attached hydrogens (primary N) is 1. The molecular formula is C22H19F3N4O2. The number of fused-ring (bicyclic) bond motifs is 1. The summed E-state index contributed by atoms with van der Waals surface area (Å²) in [5.41, 5.74) is 7.31. The van der Waals surface area contributed by atoms with Crippen LogP contribution in [0.25, 0.3) is 0 Å². The Morgan fingerprint density at radius 1 is 1.03 bits per heavy atom. The first kappa shape index (κ1) is 20.5. The Kier molecular flexibility index (Phi) is 5.43. The zero-order chi connectivity index (χ0) is 22.0. The SMILES string of the molecule is NC1c2ccccc2ON1c1cccc(CNC(=O)Nc2ccccc2C(F)(F)F)c1. The average Bonchev–Trinajstić information content (AvgIpc) is 3.09. The molecule has 1 unspecified atom stereocenters. The minimum absolute atomic E-state index is 0.101. The van der Waals surface area contributed by atoms with E-state index in [1.165, 1.54) is 18.2 Å². The van der Waals surface area contributed by atoms with Crippen LogP contribution in [0.5, 0.6) is 5.75 Å². The summed E-state index contributed by atoms with van der Waals surface area (Å²) in [7, 11) is 0. The van der Waals surface area contributed by atoms with Crippen molar-refractivity contribution in [1.29, 1.82) is 0 Å². The number of hydrogen-bond donors (Lipinski definition) is 3. The van der Waals surface area contributed by atoms with Crippen LogP contribution in [0.4, 0.5) is 29.3 Å². The van der Waals surface area contributed by atoms with E-state index in [1.54, 1.807) is 23.3 Å². The molecule has 0 fully saturated rings. The number of nitrogens with zero attached hydrogens (tertiary/aromatic N) is 1. The van der Waals surface area contributed by atoms with Crippen LogP contribution in [0.1, 0.15) is 22.9 Å². The summed E-state index contributed by atoms with van der Waals surface area (Å²) in [5, 5.41) is 6.38. The Morgan fingerprint density at radius 3 is 2.55 bits per heavy atom. The monoisotopic (exact) mass is 428 g/mol. The van der Waals surface area contributed by atoms with Crippen LogP contribution in [0.2, 0.25) is 0 Å². The quantitative estimate of drug-likeness (QED) is 0.558. The molecule has 160 valence electrons. The molecular weight excluding hydrogens is 409 g/mol. The summed E-state index contributed by atoms with van der Waals surface area (Å²) in [6.45, 7) is 0.101. The lowest BCUT2D eigenvalue weighted by Gasteiger charge is -2.22. The number of anilines is 2. The Balaban J connectivity index is 1.41. The zero-order valence-electron chi connectivity index (χ0n) is 16.2. The lowest BCUT2D eigenvalue weighted by Crippen LogP contribution is -2.32. The number of carbonyl (C=O) groups is 1. The Hall–Kier alpha value is -3.72. The van der Waals surface area contributed by atoms with Crippen molar-refractivity contribution in [1.82, 2.24) is 5.32 Å².